The van der Waals surface area contributed by atoms with Crippen molar-refractivity contribution in [3.05, 3.63) is 10.8 Å². The molecule has 2 fully saturated rings. The summed E-state index contributed by atoms with van der Waals surface area (Å²) in [4.78, 5) is 0.876. The van der Waals surface area contributed by atoms with Gasteiger partial charge in [0, 0.05) is 12.0 Å². The van der Waals surface area contributed by atoms with Crippen LogP contribution >= 0.6 is 11.3 Å². The molecule has 2 N–H and O–H groups in total. The molecule has 2 aromatic rings. The van der Waals surface area contributed by atoms with Gasteiger partial charge >= 0.3 is 0 Å². The van der Waals surface area contributed by atoms with Gasteiger partial charge in [-0.25, -0.2) is 0 Å². The first-order chi connectivity index (χ1) is 8.33. The lowest BCUT2D eigenvalue weighted by Gasteiger charge is -2.07. The lowest BCUT2D eigenvalue weighted by Crippen LogP contribution is -2.26. The zero-order valence-electron chi connectivity index (χ0n) is 9.24. The Morgan fingerprint density at radius 3 is 2.88 bits per heavy atom. The van der Waals surface area contributed by atoms with E-state index in [9.17, 15) is 0 Å². The zero-order valence-corrected chi connectivity index (χ0v) is 10.1. The molecule has 4 rings (SSSR count). The molecule has 0 amide bonds. The largest absolute Gasteiger partial charge is 0.379 e. The first-order valence-corrected chi connectivity index (χ1v) is 6.70. The van der Waals surface area contributed by atoms with Crippen LogP contribution in [0.3, 0.4) is 0 Å². The fraction of sp³-hybridized carbons (Fsp3) is 0.700. The van der Waals surface area contributed by atoms with Crippen LogP contribution in [0, 0.1) is 0 Å². The van der Waals surface area contributed by atoms with Gasteiger partial charge in [-0.05, 0) is 12.8 Å². The number of hydrogen-bond donors (Lipinski definition) is 1. The molecule has 17 heavy (non-hydrogen) atoms. The van der Waals surface area contributed by atoms with Gasteiger partial charge in [0.15, 0.2) is 5.82 Å². The smallest absolute Gasteiger partial charge is 0.234 e. The fourth-order valence-corrected chi connectivity index (χ4v) is 3.22. The molecule has 1 saturated carbocycles. The number of fused-ring (bicyclic) bond motifs is 1. The summed E-state index contributed by atoms with van der Waals surface area (Å²) < 4.78 is 7.27. The Kier molecular flexibility index (Phi) is 2.03. The van der Waals surface area contributed by atoms with Crippen molar-refractivity contribution in [3.8, 4) is 0 Å². The van der Waals surface area contributed by atoms with Crippen molar-refractivity contribution in [2.45, 2.75) is 30.7 Å². The SMILES string of the molecule is NC1COCC1c1nn2c(C3CC3)nnc2s1. The Morgan fingerprint density at radius 2 is 2.18 bits per heavy atom. The van der Waals surface area contributed by atoms with Gasteiger partial charge in [0.1, 0.15) is 5.01 Å². The number of ether oxygens (including phenoxy) is 1. The van der Waals surface area contributed by atoms with E-state index in [1.165, 1.54) is 12.8 Å². The van der Waals surface area contributed by atoms with E-state index in [0.717, 1.165) is 15.8 Å². The number of nitrogens with zero attached hydrogens (tertiary/aromatic N) is 4. The summed E-state index contributed by atoms with van der Waals surface area (Å²) in [5, 5.41) is 14.0. The molecule has 1 aliphatic heterocycles. The van der Waals surface area contributed by atoms with E-state index in [1.54, 1.807) is 11.3 Å². The minimum Gasteiger partial charge on any atom is -0.379 e. The van der Waals surface area contributed by atoms with Crippen LogP contribution in [0.4, 0.5) is 0 Å². The Hall–Kier alpha value is -1.05. The number of nitrogens with two attached hydrogens (primary N) is 1. The maximum atomic E-state index is 6.01. The molecule has 2 unspecified atom stereocenters. The van der Waals surface area contributed by atoms with Gasteiger partial charge in [-0.2, -0.15) is 9.61 Å². The predicted molar refractivity (Wildman–Crippen MR) is 62.2 cm³/mol. The van der Waals surface area contributed by atoms with Crippen LogP contribution in [-0.2, 0) is 4.74 Å². The van der Waals surface area contributed by atoms with Gasteiger partial charge in [-0.3, -0.25) is 0 Å². The molecule has 1 aliphatic carbocycles. The quantitative estimate of drug-likeness (QED) is 0.841. The normalized spacial score (nSPS) is 29.2. The molecule has 0 radical (unpaired) electrons. The summed E-state index contributed by atoms with van der Waals surface area (Å²) >= 11 is 1.58. The van der Waals surface area contributed by atoms with Gasteiger partial charge in [-0.15, -0.1) is 10.2 Å². The molecule has 2 aliphatic rings. The lowest BCUT2D eigenvalue weighted by molar-refractivity contribution is 0.191. The van der Waals surface area contributed by atoms with Gasteiger partial charge in [0.05, 0.1) is 19.1 Å². The number of aromatic nitrogens is 4. The molecule has 2 aromatic heterocycles. The molecule has 1 saturated heterocycles. The monoisotopic (exact) mass is 251 g/mol. The first-order valence-electron chi connectivity index (χ1n) is 5.88. The van der Waals surface area contributed by atoms with Crippen LogP contribution in [0.25, 0.3) is 4.96 Å². The standard InChI is InChI=1S/C10H13N5OS/c11-7-4-16-3-6(7)9-14-15-8(5-1-2-5)12-13-10(15)17-9/h5-7H,1-4,11H2. The maximum Gasteiger partial charge on any atom is 0.234 e. The maximum absolute atomic E-state index is 6.01. The van der Waals surface area contributed by atoms with E-state index in [2.05, 4.69) is 15.3 Å². The Bertz CT molecular complexity index is 560. The average Bonchev–Trinajstić information content (AvgIpc) is 2.75. The molecule has 7 heteroatoms. The van der Waals surface area contributed by atoms with E-state index < -0.39 is 0 Å². The second-order valence-electron chi connectivity index (χ2n) is 4.77. The summed E-state index contributed by atoms with van der Waals surface area (Å²) in [6.07, 6.45) is 2.42. The molecule has 2 atom stereocenters. The Morgan fingerprint density at radius 1 is 1.29 bits per heavy atom. The second kappa shape index (κ2) is 3.47. The second-order valence-corrected chi connectivity index (χ2v) is 5.76. The third kappa shape index (κ3) is 1.50. The van der Waals surface area contributed by atoms with Crippen LogP contribution in [0.5, 0.6) is 0 Å². The summed E-state index contributed by atoms with van der Waals surface area (Å²) in [6.45, 7) is 1.30. The van der Waals surface area contributed by atoms with Crippen molar-refractivity contribution >= 4 is 16.3 Å². The zero-order chi connectivity index (χ0) is 11.4. The minimum absolute atomic E-state index is 0.0585. The predicted octanol–water partition coefficient (Wildman–Crippen LogP) is 0.504. The molecule has 90 valence electrons. The highest BCUT2D eigenvalue weighted by atomic mass is 32.1. The van der Waals surface area contributed by atoms with Gasteiger partial charge in [0.2, 0.25) is 4.96 Å². The molecule has 0 aromatic carbocycles. The van der Waals surface area contributed by atoms with Crippen molar-refractivity contribution in [2.24, 2.45) is 5.73 Å². The average molecular weight is 251 g/mol. The highest BCUT2D eigenvalue weighted by Crippen LogP contribution is 2.39. The Balaban J connectivity index is 1.76. The first kappa shape index (κ1) is 9.93. The van der Waals surface area contributed by atoms with Crippen LogP contribution in [0.2, 0.25) is 0 Å². The molecule has 3 heterocycles. The Labute approximate surface area is 102 Å². The topological polar surface area (TPSA) is 78.3 Å². The van der Waals surface area contributed by atoms with Crippen molar-refractivity contribution in [1.29, 1.82) is 0 Å². The van der Waals surface area contributed by atoms with E-state index in [4.69, 9.17) is 10.5 Å². The summed E-state index contributed by atoms with van der Waals surface area (Å²) in [5.74, 6) is 1.79. The third-order valence-electron chi connectivity index (χ3n) is 3.41. The third-order valence-corrected chi connectivity index (χ3v) is 4.45. The molecular formula is C10H13N5OS. The van der Waals surface area contributed by atoms with E-state index >= 15 is 0 Å². The molecule has 0 spiro atoms. The lowest BCUT2D eigenvalue weighted by atomic mass is 10.1. The van der Waals surface area contributed by atoms with Crippen LogP contribution in [-0.4, -0.2) is 39.1 Å². The van der Waals surface area contributed by atoms with E-state index in [1.807, 2.05) is 4.52 Å². The van der Waals surface area contributed by atoms with Crippen molar-refractivity contribution < 1.29 is 4.74 Å². The number of hydrogen-bond acceptors (Lipinski definition) is 6. The molecule has 6 nitrogen and oxygen atoms in total. The van der Waals surface area contributed by atoms with Gasteiger partial charge in [-0.1, -0.05) is 11.3 Å². The molecule has 0 bridgehead atoms. The summed E-state index contributed by atoms with van der Waals surface area (Å²) in [7, 11) is 0. The van der Waals surface area contributed by atoms with E-state index in [-0.39, 0.29) is 12.0 Å². The van der Waals surface area contributed by atoms with Crippen LogP contribution in [0.15, 0.2) is 0 Å². The van der Waals surface area contributed by atoms with Crippen LogP contribution < -0.4 is 5.73 Å². The number of rotatable bonds is 2. The van der Waals surface area contributed by atoms with Crippen LogP contribution in [0.1, 0.15) is 35.5 Å². The minimum atomic E-state index is 0.0585. The van der Waals surface area contributed by atoms with Crippen molar-refractivity contribution in [3.63, 3.8) is 0 Å². The van der Waals surface area contributed by atoms with E-state index in [0.29, 0.717) is 19.1 Å². The van der Waals surface area contributed by atoms with Crippen molar-refractivity contribution in [1.82, 2.24) is 19.8 Å². The highest BCUT2D eigenvalue weighted by Gasteiger charge is 2.33. The summed E-state index contributed by atoms with van der Waals surface area (Å²) in [6, 6.07) is 0.0585. The fourth-order valence-electron chi connectivity index (χ4n) is 2.22. The molecular weight excluding hydrogens is 238 g/mol. The van der Waals surface area contributed by atoms with Crippen molar-refractivity contribution in [2.75, 3.05) is 13.2 Å². The van der Waals surface area contributed by atoms with Gasteiger partial charge in [0.25, 0.3) is 0 Å². The summed E-state index contributed by atoms with van der Waals surface area (Å²) in [5.41, 5.74) is 6.01. The van der Waals surface area contributed by atoms with Gasteiger partial charge < -0.3 is 10.5 Å². The highest BCUT2D eigenvalue weighted by molar-refractivity contribution is 7.16.